The number of nitrogens with zero attached hydrogens (tertiary/aromatic N) is 1. The molecule has 1 N–H and O–H groups in total. The summed E-state index contributed by atoms with van der Waals surface area (Å²) >= 11 is 0. The lowest BCUT2D eigenvalue weighted by Gasteiger charge is -2.26. The Morgan fingerprint density at radius 1 is 1.60 bits per heavy atom. The first-order valence-electron chi connectivity index (χ1n) is 4.37. The molecule has 0 spiro atoms. The second-order valence-electron chi connectivity index (χ2n) is 3.49. The van der Waals surface area contributed by atoms with Gasteiger partial charge in [-0.25, -0.2) is 0 Å². The minimum atomic E-state index is 0.830. The van der Waals surface area contributed by atoms with E-state index in [1.54, 1.807) is 0 Å². The molecule has 2 rings (SSSR count). The summed E-state index contributed by atoms with van der Waals surface area (Å²) in [6, 6.07) is 1.71. The van der Waals surface area contributed by atoms with Gasteiger partial charge >= 0.3 is 0 Å². The first kappa shape index (κ1) is 6.62. The first-order valence-corrected chi connectivity index (χ1v) is 4.37. The van der Waals surface area contributed by atoms with Gasteiger partial charge in [0.2, 0.25) is 0 Å². The lowest BCUT2D eigenvalue weighted by atomic mass is 10.2. The van der Waals surface area contributed by atoms with Gasteiger partial charge < -0.3 is 5.32 Å². The number of fused-ring (bicyclic) bond motifs is 2. The van der Waals surface area contributed by atoms with Gasteiger partial charge in [-0.2, -0.15) is 0 Å². The zero-order valence-electron chi connectivity index (χ0n) is 6.64. The van der Waals surface area contributed by atoms with Gasteiger partial charge in [-0.1, -0.05) is 6.92 Å². The van der Waals surface area contributed by atoms with Gasteiger partial charge in [0.05, 0.1) is 0 Å². The summed E-state index contributed by atoms with van der Waals surface area (Å²) in [5.41, 5.74) is 0. The van der Waals surface area contributed by atoms with E-state index in [1.807, 2.05) is 0 Å². The zero-order valence-corrected chi connectivity index (χ0v) is 6.64. The van der Waals surface area contributed by atoms with Crippen molar-refractivity contribution < 1.29 is 0 Å². The molecule has 2 heteroatoms. The molecule has 2 bridgehead atoms. The van der Waals surface area contributed by atoms with E-state index < -0.39 is 0 Å². The monoisotopic (exact) mass is 140 g/mol. The van der Waals surface area contributed by atoms with Gasteiger partial charge in [0.15, 0.2) is 0 Å². The Morgan fingerprint density at radius 2 is 2.50 bits per heavy atom. The molecule has 2 unspecified atom stereocenters. The smallest absolute Gasteiger partial charge is 0.0236 e. The fourth-order valence-corrected chi connectivity index (χ4v) is 2.21. The van der Waals surface area contributed by atoms with E-state index in [1.165, 1.54) is 32.5 Å². The zero-order chi connectivity index (χ0) is 6.97. The molecule has 2 nitrogen and oxygen atoms in total. The molecule has 0 radical (unpaired) electrons. The van der Waals surface area contributed by atoms with Crippen LogP contribution in [0.25, 0.3) is 0 Å². The standard InChI is InChI=1S/C8H16N2/c1-2-3-10-6-7-4-8(10)5-9-7/h7-9H,2-6H2,1H3. The molecule has 0 aromatic carbocycles. The van der Waals surface area contributed by atoms with E-state index in [0.717, 1.165) is 12.1 Å². The Hall–Kier alpha value is -0.0800. The van der Waals surface area contributed by atoms with Crippen molar-refractivity contribution in [2.24, 2.45) is 0 Å². The molecule has 0 saturated carbocycles. The average Bonchev–Trinajstić information content (AvgIpc) is 2.48. The Bertz CT molecular complexity index is 124. The van der Waals surface area contributed by atoms with E-state index in [9.17, 15) is 0 Å². The summed E-state index contributed by atoms with van der Waals surface area (Å²) in [5.74, 6) is 0. The summed E-state index contributed by atoms with van der Waals surface area (Å²) < 4.78 is 0. The molecule has 0 aromatic rings. The van der Waals surface area contributed by atoms with E-state index in [2.05, 4.69) is 17.1 Å². The fraction of sp³-hybridized carbons (Fsp3) is 1.00. The van der Waals surface area contributed by atoms with Gasteiger partial charge in [-0.3, -0.25) is 4.90 Å². The summed E-state index contributed by atoms with van der Waals surface area (Å²) in [5, 5.41) is 3.50. The lowest BCUT2D eigenvalue weighted by Crippen LogP contribution is -2.43. The van der Waals surface area contributed by atoms with Crippen molar-refractivity contribution in [2.45, 2.75) is 31.8 Å². The maximum absolute atomic E-state index is 3.50. The van der Waals surface area contributed by atoms with Crippen LogP contribution in [-0.4, -0.2) is 36.6 Å². The third kappa shape index (κ3) is 0.956. The number of nitrogens with one attached hydrogen (secondary N) is 1. The van der Waals surface area contributed by atoms with Crippen LogP contribution in [0.15, 0.2) is 0 Å². The van der Waals surface area contributed by atoms with Gasteiger partial charge in [-0.15, -0.1) is 0 Å². The van der Waals surface area contributed by atoms with Crippen LogP contribution in [0.5, 0.6) is 0 Å². The number of hydrogen-bond donors (Lipinski definition) is 1. The Morgan fingerprint density at radius 3 is 3.00 bits per heavy atom. The summed E-state index contributed by atoms with van der Waals surface area (Å²) in [7, 11) is 0. The second-order valence-corrected chi connectivity index (χ2v) is 3.49. The molecular formula is C8H16N2. The molecule has 0 aromatic heterocycles. The summed E-state index contributed by atoms with van der Waals surface area (Å²) in [6.45, 7) is 6.12. The van der Waals surface area contributed by atoms with Gasteiger partial charge in [-0.05, 0) is 19.4 Å². The van der Waals surface area contributed by atoms with E-state index in [-0.39, 0.29) is 0 Å². The average molecular weight is 140 g/mol. The molecule has 0 amide bonds. The number of rotatable bonds is 2. The predicted octanol–water partition coefficient (Wildman–Crippen LogP) is 0.442. The maximum atomic E-state index is 3.50. The van der Waals surface area contributed by atoms with Crippen LogP contribution in [0.1, 0.15) is 19.8 Å². The lowest BCUT2D eigenvalue weighted by molar-refractivity contribution is 0.226. The predicted molar refractivity (Wildman–Crippen MR) is 42.1 cm³/mol. The molecular weight excluding hydrogens is 124 g/mol. The number of piperazine rings is 1. The van der Waals surface area contributed by atoms with Crippen LogP contribution < -0.4 is 5.32 Å². The van der Waals surface area contributed by atoms with Crippen molar-refractivity contribution in [2.75, 3.05) is 19.6 Å². The highest BCUT2D eigenvalue weighted by Gasteiger charge is 2.36. The van der Waals surface area contributed by atoms with Gasteiger partial charge in [0.25, 0.3) is 0 Å². The van der Waals surface area contributed by atoms with Crippen molar-refractivity contribution in [1.29, 1.82) is 0 Å². The molecule has 2 aliphatic rings. The molecule has 2 heterocycles. The highest BCUT2D eigenvalue weighted by atomic mass is 15.3. The van der Waals surface area contributed by atoms with Crippen LogP contribution in [0, 0.1) is 0 Å². The van der Waals surface area contributed by atoms with Crippen molar-refractivity contribution in [3.63, 3.8) is 0 Å². The molecule has 2 atom stereocenters. The quantitative estimate of drug-likeness (QED) is 0.599. The highest BCUT2D eigenvalue weighted by Crippen LogP contribution is 2.22. The SMILES string of the molecule is CCCN1CC2CC1CN2. The number of hydrogen-bond acceptors (Lipinski definition) is 2. The highest BCUT2D eigenvalue weighted by molar-refractivity contribution is 4.96. The molecule has 0 aliphatic carbocycles. The second kappa shape index (κ2) is 2.51. The largest absolute Gasteiger partial charge is 0.311 e. The molecule has 2 fully saturated rings. The van der Waals surface area contributed by atoms with Crippen molar-refractivity contribution in [1.82, 2.24) is 10.2 Å². The summed E-state index contributed by atoms with van der Waals surface area (Å²) in [4.78, 5) is 2.63. The topological polar surface area (TPSA) is 15.3 Å². The van der Waals surface area contributed by atoms with Crippen LogP contribution in [-0.2, 0) is 0 Å². The maximum Gasteiger partial charge on any atom is 0.0236 e. The van der Waals surface area contributed by atoms with Crippen molar-refractivity contribution >= 4 is 0 Å². The fourth-order valence-electron chi connectivity index (χ4n) is 2.21. The Labute approximate surface area is 62.6 Å². The van der Waals surface area contributed by atoms with Crippen LogP contribution in [0.3, 0.4) is 0 Å². The van der Waals surface area contributed by atoms with Crippen molar-refractivity contribution in [3.05, 3.63) is 0 Å². The third-order valence-corrected chi connectivity index (χ3v) is 2.68. The minimum absolute atomic E-state index is 0.830. The van der Waals surface area contributed by atoms with Crippen molar-refractivity contribution in [3.8, 4) is 0 Å². The molecule has 10 heavy (non-hydrogen) atoms. The van der Waals surface area contributed by atoms with E-state index in [4.69, 9.17) is 0 Å². The molecule has 58 valence electrons. The van der Waals surface area contributed by atoms with Gasteiger partial charge in [0, 0.05) is 25.2 Å². The first-order chi connectivity index (χ1) is 4.90. The minimum Gasteiger partial charge on any atom is -0.311 e. The Balaban J connectivity index is 1.90. The molecule has 2 aliphatic heterocycles. The summed E-state index contributed by atoms with van der Waals surface area (Å²) in [6.07, 6.45) is 2.71. The Kier molecular flexibility index (Phi) is 1.66. The third-order valence-electron chi connectivity index (χ3n) is 2.68. The normalized spacial score (nSPS) is 39.3. The van der Waals surface area contributed by atoms with Gasteiger partial charge in [0.1, 0.15) is 0 Å². The van der Waals surface area contributed by atoms with E-state index >= 15 is 0 Å². The van der Waals surface area contributed by atoms with Crippen LogP contribution in [0.4, 0.5) is 0 Å². The molecule has 2 saturated heterocycles. The van der Waals surface area contributed by atoms with Crippen LogP contribution >= 0.6 is 0 Å². The number of likely N-dealkylation sites (tertiary alicyclic amines) is 1. The van der Waals surface area contributed by atoms with E-state index in [0.29, 0.717) is 0 Å². The van der Waals surface area contributed by atoms with Crippen LogP contribution in [0.2, 0.25) is 0 Å².